The van der Waals surface area contributed by atoms with Crippen molar-refractivity contribution in [3.05, 3.63) is 79.0 Å². The number of hydrogen-bond donors (Lipinski definition) is 0. The van der Waals surface area contributed by atoms with Gasteiger partial charge in [0.2, 0.25) is 5.78 Å². The van der Waals surface area contributed by atoms with Gasteiger partial charge in [-0.15, -0.1) is 0 Å². The molecule has 0 bridgehead atoms. The molecule has 22 heavy (non-hydrogen) atoms. The van der Waals surface area contributed by atoms with Crippen molar-refractivity contribution in [3.8, 4) is 22.4 Å². The Morgan fingerprint density at radius 1 is 0.864 bits per heavy atom. The van der Waals surface area contributed by atoms with Crippen LogP contribution in [0.4, 0.5) is 4.39 Å². The Bertz CT molecular complexity index is 945. The zero-order chi connectivity index (χ0) is 14.9. The van der Waals surface area contributed by atoms with Gasteiger partial charge in [0.1, 0.15) is 5.82 Å². The number of aromatic nitrogens is 3. The van der Waals surface area contributed by atoms with Crippen molar-refractivity contribution in [2.45, 2.75) is 0 Å². The number of hydrogen-bond acceptors (Lipinski definition) is 2. The minimum atomic E-state index is -0.287. The Morgan fingerprint density at radius 2 is 1.73 bits per heavy atom. The maximum Gasteiger partial charge on any atom is 0.234 e. The fourth-order valence-corrected chi connectivity index (χ4v) is 2.49. The molecular weight excluding hydrogens is 277 g/mol. The van der Waals surface area contributed by atoms with Crippen molar-refractivity contribution < 1.29 is 4.39 Å². The van der Waals surface area contributed by atoms with Gasteiger partial charge in [0.05, 0.1) is 5.69 Å². The van der Waals surface area contributed by atoms with Crippen LogP contribution in [-0.4, -0.2) is 14.4 Å². The molecule has 4 aromatic rings. The molecule has 0 amide bonds. The molecule has 106 valence electrons. The highest BCUT2D eigenvalue weighted by Crippen LogP contribution is 2.27. The van der Waals surface area contributed by atoms with Crippen molar-refractivity contribution >= 4 is 5.78 Å². The summed E-state index contributed by atoms with van der Waals surface area (Å²) in [6.07, 6.45) is 5.30. The smallest absolute Gasteiger partial charge is 0.234 e. The van der Waals surface area contributed by atoms with E-state index in [2.05, 4.69) is 9.97 Å². The van der Waals surface area contributed by atoms with Crippen LogP contribution in [0, 0.1) is 5.82 Å². The molecule has 0 N–H and O–H groups in total. The number of nitrogens with zero attached hydrogens (tertiary/aromatic N) is 3. The van der Waals surface area contributed by atoms with Crippen molar-refractivity contribution in [2.75, 3.05) is 0 Å². The lowest BCUT2D eigenvalue weighted by molar-refractivity contribution is 0.631. The molecule has 0 aliphatic carbocycles. The molecule has 0 radical (unpaired) electrons. The van der Waals surface area contributed by atoms with Crippen LogP contribution < -0.4 is 0 Å². The van der Waals surface area contributed by atoms with Gasteiger partial charge in [-0.25, -0.2) is 14.4 Å². The second-order valence-corrected chi connectivity index (χ2v) is 5.01. The summed E-state index contributed by atoms with van der Waals surface area (Å²) in [6.45, 7) is 0. The quantitative estimate of drug-likeness (QED) is 0.553. The number of benzene rings is 2. The van der Waals surface area contributed by atoms with E-state index in [0.717, 1.165) is 11.1 Å². The van der Waals surface area contributed by atoms with Crippen LogP contribution in [-0.2, 0) is 0 Å². The van der Waals surface area contributed by atoms with Crippen molar-refractivity contribution in [2.24, 2.45) is 0 Å². The minimum absolute atomic E-state index is 0.287. The van der Waals surface area contributed by atoms with E-state index < -0.39 is 0 Å². The molecule has 2 heterocycles. The SMILES string of the molecule is Fc1cc(-c2ccccc2)ccc1-c1ccn2ccnc2n1. The van der Waals surface area contributed by atoms with E-state index in [9.17, 15) is 4.39 Å². The lowest BCUT2D eigenvalue weighted by Crippen LogP contribution is -1.93. The van der Waals surface area contributed by atoms with Crippen LogP contribution in [0.25, 0.3) is 28.2 Å². The van der Waals surface area contributed by atoms with E-state index in [1.165, 1.54) is 0 Å². The Balaban J connectivity index is 1.79. The van der Waals surface area contributed by atoms with Gasteiger partial charge in [-0.1, -0.05) is 36.4 Å². The molecule has 2 aromatic heterocycles. The van der Waals surface area contributed by atoms with Crippen molar-refractivity contribution in [3.63, 3.8) is 0 Å². The summed E-state index contributed by atoms with van der Waals surface area (Å²) in [5, 5.41) is 0. The van der Waals surface area contributed by atoms with E-state index >= 15 is 0 Å². The maximum absolute atomic E-state index is 14.5. The summed E-state index contributed by atoms with van der Waals surface area (Å²) in [6, 6.07) is 16.7. The molecule has 0 unspecified atom stereocenters. The fraction of sp³-hybridized carbons (Fsp3) is 0. The van der Waals surface area contributed by atoms with Gasteiger partial charge < -0.3 is 0 Å². The highest BCUT2D eigenvalue weighted by atomic mass is 19.1. The third-order valence-electron chi connectivity index (χ3n) is 3.61. The first kappa shape index (κ1) is 12.7. The summed E-state index contributed by atoms with van der Waals surface area (Å²) >= 11 is 0. The molecule has 0 spiro atoms. The largest absolute Gasteiger partial charge is 0.291 e. The Kier molecular flexibility index (Phi) is 2.93. The van der Waals surface area contributed by atoms with Gasteiger partial charge >= 0.3 is 0 Å². The van der Waals surface area contributed by atoms with Gasteiger partial charge in [-0.2, -0.15) is 0 Å². The molecule has 3 nitrogen and oxygen atoms in total. The maximum atomic E-state index is 14.5. The molecule has 4 heteroatoms. The molecule has 4 rings (SSSR count). The third kappa shape index (κ3) is 2.15. The number of rotatable bonds is 2. The zero-order valence-corrected chi connectivity index (χ0v) is 11.6. The highest BCUT2D eigenvalue weighted by Gasteiger charge is 2.09. The lowest BCUT2D eigenvalue weighted by Gasteiger charge is -2.06. The molecule has 2 aromatic carbocycles. The van der Waals surface area contributed by atoms with Crippen LogP contribution in [0.1, 0.15) is 0 Å². The average Bonchev–Trinajstić information content (AvgIpc) is 3.03. The molecular formula is C18H12FN3. The normalized spacial score (nSPS) is 11.0. The third-order valence-corrected chi connectivity index (χ3v) is 3.61. The van der Waals surface area contributed by atoms with Gasteiger partial charge in [-0.05, 0) is 29.3 Å². The first-order valence-corrected chi connectivity index (χ1v) is 6.96. The summed E-state index contributed by atoms with van der Waals surface area (Å²) in [5.41, 5.74) is 2.90. The fourth-order valence-electron chi connectivity index (χ4n) is 2.49. The lowest BCUT2D eigenvalue weighted by atomic mass is 10.0. The summed E-state index contributed by atoms with van der Waals surface area (Å²) < 4.78 is 16.3. The second kappa shape index (κ2) is 5.07. The summed E-state index contributed by atoms with van der Waals surface area (Å²) in [7, 11) is 0. The first-order chi connectivity index (χ1) is 10.8. The monoisotopic (exact) mass is 289 g/mol. The minimum Gasteiger partial charge on any atom is -0.291 e. The molecule has 0 atom stereocenters. The molecule has 0 aliphatic rings. The predicted molar refractivity (Wildman–Crippen MR) is 83.8 cm³/mol. The molecule has 0 saturated carbocycles. The number of imidazole rings is 1. The topological polar surface area (TPSA) is 30.2 Å². The standard InChI is InChI=1S/C18H12FN3/c19-16-12-14(13-4-2-1-3-5-13)6-7-15(16)17-8-10-22-11-9-20-18(22)21-17/h1-12H. The van der Waals surface area contributed by atoms with E-state index in [1.54, 1.807) is 35.0 Å². The Hall–Kier alpha value is -3.01. The summed E-state index contributed by atoms with van der Waals surface area (Å²) in [4.78, 5) is 8.51. The second-order valence-electron chi connectivity index (χ2n) is 5.01. The van der Waals surface area contributed by atoms with Crippen molar-refractivity contribution in [1.82, 2.24) is 14.4 Å². The Labute approximate surface area is 126 Å². The summed E-state index contributed by atoms with van der Waals surface area (Å²) in [5.74, 6) is 0.272. The van der Waals surface area contributed by atoms with Crippen LogP contribution in [0.2, 0.25) is 0 Å². The van der Waals surface area contributed by atoms with Gasteiger partial charge in [0, 0.05) is 24.2 Å². The van der Waals surface area contributed by atoms with E-state index in [1.807, 2.05) is 42.6 Å². The van der Waals surface area contributed by atoms with E-state index in [-0.39, 0.29) is 5.82 Å². The van der Waals surface area contributed by atoms with Crippen molar-refractivity contribution in [1.29, 1.82) is 0 Å². The van der Waals surface area contributed by atoms with Crippen LogP contribution >= 0.6 is 0 Å². The zero-order valence-electron chi connectivity index (χ0n) is 11.6. The van der Waals surface area contributed by atoms with E-state index in [0.29, 0.717) is 17.0 Å². The highest BCUT2D eigenvalue weighted by molar-refractivity contribution is 5.69. The molecule has 0 aliphatic heterocycles. The van der Waals surface area contributed by atoms with Crippen LogP contribution in [0.3, 0.4) is 0 Å². The molecule has 0 fully saturated rings. The van der Waals surface area contributed by atoms with Gasteiger partial charge in [-0.3, -0.25) is 4.40 Å². The first-order valence-electron chi connectivity index (χ1n) is 6.96. The average molecular weight is 289 g/mol. The Morgan fingerprint density at radius 3 is 2.55 bits per heavy atom. The number of fused-ring (bicyclic) bond motifs is 1. The molecule has 0 saturated heterocycles. The van der Waals surface area contributed by atoms with Gasteiger partial charge in [0.15, 0.2) is 0 Å². The predicted octanol–water partition coefficient (Wildman–Crippen LogP) is 4.20. The van der Waals surface area contributed by atoms with Crippen LogP contribution in [0.5, 0.6) is 0 Å². The van der Waals surface area contributed by atoms with Gasteiger partial charge in [0.25, 0.3) is 0 Å². The number of halogens is 1. The van der Waals surface area contributed by atoms with Crippen LogP contribution in [0.15, 0.2) is 73.2 Å². The van der Waals surface area contributed by atoms with E-state index in [4.69, 9.17) is 0 Å².